The average molecular weight is 423 g/mol. The van der Waals surface area contributed by atoms with E-state index in [4.69, 9.17) is 12.2 Å². The van der Waals surface area contributed by atoms with Crippen molar-refractivity contribution in [3.63, 3.8) is 0 Å². The highest BCUT2D eigenvalue weighted by atomic mass is 32.2. The van der Waals surface area contributed by atoms with E-state index in [0.29, 0.717) is 28.6 Å². The summed E-state index contributed by atoms with van der Waals surface area (Å²) in [5.74, 6) is -0.169. The molecule has 1 aliphatic heterocycles. The van der Waals surface area contributed by atoms with E-state index in [2.05, 4.69) is 5.32 Å². The quantitative estimate of drug-likeness (QED) is 0.494. The zero-order chi connectivity index (χ0) is 20.6. The van der Waals surface area contributed by atoms with Crippen molar-refractivity contribution in [1.82, 2.24) is 4.90 Å². The van der Waals surface area contributed by atoms with Gasteiger partial charge in [-0.15, -0.1) is 0 Å². The lowest BCUT2D eigenvalue weighted by molar-refractivity contribution is -0.122. The van der Waals surface area contributed by atoms with Gasteiger partial charge in [0.2, 0.25) is 5.91 Å². The second-order valence-corrected chi connectivity index (χ2v) is 8.32. The summed E-state index contributed by atoms with van der Waals surface area (Å²) in [6.07, 6.45) is 6.48. The summed E-state index contributed by atoms with van der Waals surface area (Å²) in [4.78, 5) is 26.8. The largest absolute Gasteiger partial charge is 0.326 e. The maximum atomic E-state index is 12.6. The number of thiocarbonyl (C=S) groups is 1. The highest BCUT2D eigenvalue weighted by Crippen LogP contribution is 2.31. The third-order valence-electron chi connectivity index (χ3n) is 4.33. The predicted molar refractivity (Wildman–Crippen MR) is 125 cm³/mol. The molecule has 6 heteroatoms. The predicted octanol–water partition coefficient (Wildman–Crippen LogP) is 5.17. The Morgan fingerprint density at radius 1 is 1.14 bits per heavy atom. The minimum atomic E-state index is -0.100. The monoisotopic (exact) mass is 422 g/mol. The van der Waals surface area contributed by atoms with Gasteiger partial charge in [-0.25, -0.2) is 0 Å². The third-order valence-corrected chi connectivity index (χ3v) is 5.73. The number of allylic oxidation sites excluding steroid dienone is 2. The summed E-state index contributed by atoms with van der Waals surface area (Å²) in [6.45, 7) is 2.44. The van der Waals surface area contributed by atoms with Gasteiger partial charge >= 0.3 is 0 Å². The van der Waals surface area contributed by atoms with Crippen LogP contribution in [0.25, 0.3) is 6.08 Å². The number of aryl methyl sites for hydroxylation is 1. The maximum absolute atomic E-state index is 12.6. The van der Waals surface area contributed by atoms with E-state index in [-0.39, 0.29) is 11.8 Å². The molecule has 148 valence electrons. The first-order valence-electron chi connectivity index (χ1n) is 9.36. The molecule has 0 aliphatic carbocycles. The van der Waals surface area contributed by atoms with Crippen molar-refractivity contribution in [2.45, 2.75) is 19.8 Å². The average Bonchev–Trinajstić information content (AvgIpc) is 2.98. The highest BCUT2D eigenvalue weighted by Gasteiger charge is 2.31. The number of carbonyl (C=O) groups excluding carboxylic acids is 2. The molecule has 0 bridgehead atoms. The fraction of sp³-hybridized carbons (Fsp3) is 0.174. The Morgan fingerprint density at radius 3 is 2.59 bits per heavy atom. The molecule has 4 nitrogen and oxygen atoms in total. The van der Waals surface area contributed by atoms with E-state index in [1.165, 1.54) is 11.8 Å². The van der Waals surface area contributed by atoms with Gasteiger partial charge in [0.25, 0.3) is 5.91 Å². The van der Waals surface area contributed by atoms with Gasteiger partial charge in [-0.05, 0) is 37.1 Å². The summed E-state index contributed by atoms with van der Waals surface area (Å²) in [6, 6.07) is 17.6. The lowest BCUT2D eigenvalue weighted by Crippen LogP contribution is -2.29. The van der Waals surface area contributed by atoms with Crippen LogP contribution in [-0.2, 0) is 9.59 Å². The van der Waals surface area contributed by atoms with Gasteiger partial charge in [-0.3, -0.25) is 14.5 Å². The Bertz CT molecular complexity index is 951. The van der Waals surface area contributed by atoms with Crippen LogP contribution in [0, 0.1) is 6.92 Å². The first-order valence-corrected chi connectivity index (χ1v) is 10.6. The van der Waals surface area contributed by atoms with E-state index >= 15 is 0 Å². The number of carbonyl (C=O) groups is 2. The number of nitrogens with zero attached hydrogens (tertiary/aromatic N) is 1. The fourth-order valence-electron chi connectivity index (χ4n) is 2.78. The van der Waals surface area contributed by atoms with Gasteiger partial charge in [0.1, 0.15) is 4.32 Å². The molecule has 29 heavy (non-hydrogen) atoms. The second kappa shape index (κ2) is 10.2. The molecule has 1 fully saturated rings. The van der Waals surface area contributed by atoms with Gasteiger partial charge in [-0.1, -0.05) is 84.2 Å². The summed E-state index contributed by atoms with van der Waals surface area (Å²) in [7, 11) is 0. The van der Waals surface area contributed by atoms with Crippen molar-refractivity contribution >= 4 is 51.9 Å². The van der Waals surface area contributed by atoms with Crippen LogP contribution in [0.2, 0.25) is 0 Å². The van der Waals surface area contributed by atoms with Crippen LogP contribution in [0.5, 0.6) is 0 Å². The van der Waals surface area contributed by atoms with Crippen molar-refractivity contribution in [2.75, 3.05) is 11.9 Å². The molecule has 0 radical (unpaired) electrons. The van der Waals surface area contributed by atoms with Crippen LogP contribution >= 0.6 is 24.0 Å². The van der Waals surface area contributed by atoms with Crippen LogP contribution in [0.15, 0.2) is 71.7 Å². The number of benzene rings is 2. The summed E-state index contributed by atoms with van der Waals surface area (Å²) in [5.41, 5.74) is 2.99. The number of anilines is 1. The molecule has 2 amide bonds. The van der Waals surface area contributed by atoms with Crippen molar-refractivity contribution in [2.24, 2.45) is 0 Å². The fourth-order valence-corrected chi connectivity index (χ4v) is 4.04. The Kier molecular flexibility index (Phi) is 7.38. The molecule has 2 aromatic carbocycles. The number of hydrogen-bond donors (Lipinski definition) is 1. The first-order chi connectivity index (χ1) is 14.0. The van der Waals surface area contributed by atoms with Gasteiger partial charge in [0.15, 0.2) is 0 Å². The van der Waals surface area contributed by atoms with Crippen molar-refractivity contribution in [3.8, 4) is 0 Å². The maximum Gasteiger partial charge on any atom is 0.266 e. The minimum absolute atomic E-state index is 0.0689. The summed E-state index contributed by atoms with van der Waals surface area (Å²) < 4.78 is 0.535. The Morgan fingerprint density at radius 2 is 1.86 bits per heavy atom. The molecule has 3 rings (SSSR count). The van der Waals surface area contributed by atoms with Crippen LogP contribution in [0.1, 0.15) is 24.0 Å². The molecular weight excluding hydrogens is 400 g/mol. The molecule has 1 heterocycles. The molecular formula is C23H22N2O2S2. The normalized spacial score (nSPS) is 15.5. The zero-order valence-corrected chi connectivity index (χ0v) is 17.8. The van der Waals surface area contributed by atoms with Crippen molar-refractivity contribution in [3.05, 3.63) is 82.8 Å². The van der Waals surface area contributed by atoms with Gasteiger partial charge < -0.3 is 5.32 Å². The van der Waals surface area contributed by atoms with Gasteiger partial charge in [0, 0.05) is 18.7 Å². The highest BCUT2D eigenvalue weighted by molar-refractivity contribution is 8.26. The standard InChI is InChI=1S/C23H22N2O2S2/c1-17-12-14-19(15-13-17)24-21(26)11-6-16-25-22(27)20(29-23(25)28)10-5-9-18-7-3-2-4-8-18/h2-5,7-10,12-15H,6,11,16H2,1H3,(H,24,26). The molecule has 0 saturated carbocycles. The minimum Gasteiger partial charge on any atom is -0.326 e. The van der Waals surface area contributed by atoms with Gasteiger partial charge in [0.05, 0.1) is 4.91 Å². The molecule has 0 unspecified atom stereocenters. The number of amides is 2. The van der Waals surface area contributed by atoms with Crippen LogP contribution in [-0.4, -0.2) is 27.6 Å². The van der Waals surface area contributed by atoms with E-state index in [1.54, 1.807) is 11.0 Å². The topological polar surface area (TPSA) is 49.4 Å². The van der Waals surface area contributed by atoms with Gasteiger partial charge in [-0.2, -0.15) is 0 Å². The first kappa shape index (κ1) is 21.0. The number of rotatable bonds is 7. The van der Waals surface area contributed by atoms with E-state index in [9.17, 15) is 9.59 Å². The Labute approximate surface area is 180 Å². The molecule has 0 spiro atoms. The summed E-state index contributed by atoms with van der Waals surface area (Å²) >= 11 is 6.63. The van der Waals surface area contributed by atoms with E-state index < -0.39 is 0 Å². The molecule has 0 aromatic heterocycles. The second-order valence-electron chi connectivity index (χ2n) is 6.64. The SMILES string of the molecule is Cc1ccc(NC(=O)CCCN2C(=O)C(=CC=Cc3ccccc3)SC2=S)cc1. The number of hydrogen-bond acceptors (Lipinski definition) is 4. The van der Waals surface area contributed by atoms with Crippen LogP contribution in [0.3, 0.4) is 0 Å². The number of nitrogens with one attached hydrogen (secondary N) is 1. The number of thioether (sulfide) groups is 1. The smallest absolute Gasteiger partial charge is 0.266 e. The Balaban J connectivity index is 1.48. The molecule has 2 aromatic rings. The zero-order valence-electron chi connectivity index (χ0n) is 16.1. The molecule has 0 atom stereocenters. The molecule has 1 aliphatic rings. The van der Waals surface area contributed by atoms with Crippen molar-refractivity contribution in [1.29, 1.82) is 0 Å². The Hall–Kier alpha value is -2.70. The lowest BCUT2D eigenvalue weighted by atomic mass is 10.2. The van der Waals surface area contributed by atoms with Crippen molar-refractivity contribution < 1.29 is 9.59 Å². The third kappa shape index (κ3) is 6.14. The lowest BCUT2D eigenvalue weighted by Gasteiger charge is -2.14. The molecule has 1 saturated heterocycles. The van der Waals surface area contributed by atoms with Crippen LogP contribution < -0.4 is 5.32 Å². The molecule has 1 N–H and O–H groups in total. The summed E-state index contributed by atoms with van der Waals surface area (Å²) in [5, 5.41) is 2.87. The van der Waals surface area contributed by atoms with E-state index in [0.717, 1.165) is 16.8 Å². The van der Waals surface area contributed by atoms with Crippen LogP contribution in [0.4, 0.5) is 5.69 Å². The van der Waals surface area contributed by atoms with E-state index in [1.807, 2.05) is 73.7 Å².